The minimum absolute atomic E-state index is 0.0164. The molecule has 2 aromatic carbocycles. The van der Waals surface area contributed by atoms with Crippen LogP contribution in [0, 0.1) is 22.7 Å². The number of nitrogens with one attached hydrogen (secondary N) is 1. The SMILES string of the molecule is NCC12CC(C(=O)NCCC(=O)N3Cc4ccccc4C#Cc4ccccc43)(C1)C2. The summed E-state index contributed by atoms with van der Waals surface area (Å²) in [6, 6.07) is 15.6. The van der Waals surface area contributed by atoms with Gasteiger partial charge in [0.2, 0.25) is 11.8 Å². The van der Waals surface area contributed by atoms with Gasteiger partial charge < -0.3 is 16.0 Å². The number of hydrogen-bond acceptors (Lipinski definition) is 3. The Morgan fingerprint density at radius 1 is 1.00 bits per heavy atom. The summed E-state index contributed by atoms with van der Waals surface area (Å²) in [5.74, 6) is 6.50. The van der Waals surface area contributed by atoms with Gasteiger partial charge in [-0.2, -0.15) is 0 Å². The van der Waals surface area contributed by atoms with E-state index in [0.29, 0.717) is 19.6 Å². The van der Waals surface area contributed by atoms with Crippen molar-refractivity contribution in [3.8, 4) is 11.8 Å². The number of anilines is 1. The van der Waals surface area contributed by atoms with Gasteiger partial charge in [0.25, 0.3) is 0 Å². The van der Waals surface area contributed by atoms with E-state index >= 15 is 0 Å². The molecule has 2 amide bonds. The van der Waals surface area contributed by atoms with E-state index in [2.05, 4.69) is 17.2 Å². The van der Waals surface area contributed by atoms with Crippen LogP contribution >= 0.6 is 0 Å². The van der Waals surface area contributed by atoms with Crippen molar-refractivity contribution in [1.82, 2.24) is 5.32 Å². The van der Waals surface area contributed by atoms with Crippen molar-refractivity contribution in [1.29, 1.82) is 0 Å². The average Bonchev–Trinajstić information content (AvgIpc) is 2.68. The minimum atomic E-state index is -0.218. The first-order chi connectivity index (χ1) is 14.5. The molecule has 3 N–H and O–H groups in total. The second kappa shape index (κ2) is 7.00. The zero-order valence-electron chi connectivity index (χ0n) is 16.9. The van der Waals surface area contributed by atoms with E-state index in [9.17, 15) is 9.59 Å². The summed E-state index contributed by atoms with van der Waals surface area (Å²) in [4.78, 5) is 27.5. The first-order valence-corrected chi connectivity index (χ1v) is 10.5. The van der Waals surface area contributed by atoms with Crippen LogP contribution < -0.4 is 16.0 Å². The second-order valence-corrected chi connectivity index (χ2v) is 8.92. The van der Waals surface area contributed by atoms with Gasteiger partial charge in [-0.05, 0) is 55.0 Å². The van der Waals surface area contributed by atoms with E-state index in [1.54, 1.807) is 4.90 Å². The Labute approximate surface area is 176 Å². The normalized spacial score (nSPS) is 25.2. The molecular formula is C25H25N3O2. The maximum atomic E-state index is 13.2. The Kier molecular flexibility index (Phi) is 4.41. The van der Waals surface area contributed by atoms with E-state index < -0.39 is 0 Å². The van der Waals surface area contributed by atoms with Crippen LogP contribution in [0.25, 0.3) is 0 Å². The molecule has 5 heteroatoms. The lowest BCUT2D eigenvalue weighted by Gasteiger charge is -2.69. The molecule has 3 aliphatic carbocycles. The standard InChI is InChI=1S/C25H25N3O2/c26-17-24-14-25(15-24,16-24)23(30)27-12-11-22(29)28-13-20-7-2-1-5-18(20)9-10-19-6-3-4-8-21(19)28/h1-8H,11-17,26H2,(H,27,30). The number of rotatable bonds is 5. The molecule has 0 spiro atoms. The lowest BCUT2D eigenvalue weighted by atomic mass is 9.35. The van der Waals surface area contributed by atoms with Crippen LogP contribution in [0.3, 0.4) is 0 Å². The van der Waals surface area contributed by atoms with Crippen molar-refractivity contribution in [2.75, 3.05) is 18.0 Å². The third-order valence-corrected chi connectivity index (χ3v) is 6.85. The fraction of sp³-hybridized carbons (Fsp3) is 0.360. The average molecular weight is 399 g/mol. The molecule has 152 valence electrons. The molecule has 0 unspecified atom stereocenters. The predicted octanol–water partition coefficient (Wildman–Crippen LogP) is 2.57. The molecule has 30 heavy (non-hydrogen) atoms. The van der Waals surface area contributed by atoms with Crippen LogP contribution in [-0.2, 0) is 16.1 Å². The number of nitrogens with two attached hydrogens (primary N) is 1. The highest BCUT2D eigenvalue weighted by molar-refractivity contribution is 5.95. The topological polar surface area (TPSA) is 75.4 Å². The molecular weight excluding hydrogens is 374 g/mol. The lowest BCUT2D eigenvalue weighted by molar-refractivity contribution is -0.202. The highest BCUT2D eigenvalue weighted by Gasteiger charge is 2.70. The number of fused-ring (bicyclic) bond motifs is 2. The molecule has 4 aliphatic rings. The van der Waals surface area contributed by atoms with E-state index in [1.807, 2.05) is 48.5 Å². The zero-order chi connectivity index (χ0) is 20.8. The van der Waals surface area contributed by atoms with Crippen LogP contribution in [-0.4, -0.2) is 24.9 Å². The van der Waals surface area contributed by atoms with Crippen LogP contribution in [0.15, 0.2) is 48.5 Å². The number of carbonyl (C=O) groups is 2. The number of carbonyl (C=O) groups excluding carboxylic acids is 2. The van der Waals surface area contributed by atoms with Gasteiger partial charge in [-0.1, -0.05) is 42.2 Å². The summed E-state index contributed by atoms with van der Waals surface area (Å²) in [6.45, 7) is 1.48. The lowest BCUT2D eigenvalue weighted by Crippen LogP contribution is -2.70. The van der Waals surface area contributed by atoms with Crippen molar-refractivity contribution >= 4 is 17.5 Å². The van der Waals surface area contributed by atoms with E-state index in [4.69, 9.17) is 5.73 Å². The number of para-hydroxylation sites is 1. The van der Waals surface area contributed by atoms with Crippen LogP contribution in [0.4, 0.5) is 5.69 Å². The van der Waals surface area contributed by atoms with E-state index in [1.165, 1.54) is 0 Å². The molecule has 0 aromatic heterocycles. The smallest absolute Gasteiger partial charge is 0.229 e. The third-order valence-electron chi connectivity index (χ3n) is 6.85. The monoisotopic (exact) mass is 399 g/mol. The Morgan fingerprint density at radius 2 is 1.67 bits per heavy atom. The quantitative estimate of drug-likeness (QED) is 0.759. The second-order valence-electron chi connectivity index (χ2n) is 8.92. The summed E-state index contributed by atoms with van der Waals surface area (Å²) in [6.07, 6.45) is 2.94. The first-order valence-electron chi connectivity index (χ1n) is 10.5. The molecule has 0 saturated heterocycles. The fourth-order valence-corrected chi connectivity index (χ4v) is 5.27. The van der Waals surface area contributed by atoms with Crippen molar-refractivity contribution in [3.63, 3.8) is 0 Å². The van der Waals surface area contributed by atoms with Crippen LogP contribution in [0.2, 0.25) is 0 Å². The van der Waals surface area contributed by atoms with Crippen molar-refractivity contribution in [3.05, 3.63) is 65.2 Å². The maximum Gasteiger partial charge on any atom is 0.229 e. The first kappa shape index (κ1) is 18.9. The van der Waals surface area contributed by atoms with Gasteiger partial charge in [0.05, 0.1) is 17.6 Å². The predicted molar refractivity (Wildman–Crippen MR) is 115 cm³/mol. The van der Waals surface area contributed by atoms with Gasteiger partial charge in [-0.25, -0.2) is 0 Å². The highest BCUT2D eigenvalue weighted by Crippen LogP contribution is 2.72. The Balaban J connectivity index is 1.28. The molecule has 1 aliphatic heterocycles. The zero-order valence-corrected chi connectivity index (χ0v) is 16.9. The molecule has 2 bridgehead atoms. The fourth-order valence-electron chi connectivity index (χ4n) is 5.27. The molecule has 0 radical (unpaired) electrons. The molecule has 3 fully saturated rings. The molecule has 1 heterocycles. The molecule has 0 atom stereocenters. The number of benzene rings is 2. The van der Waals surface area contributed by atoms with Gasteiger partial charge in [0.15, 0.2) is 0 Å². The van der Waals surface area contributed by atoms with Crippen LogP contribution in [0.5, 0.6) is 0 Å². The van der Waals surface area contributed by atoms with Gasteiger partial charge in [0.1, 0.15) is 0 Å². The molecule has 6 rings (SSSR count). The van der Waals surface area contributed by atoms with Gasteiger partial charge >= 0.3 is 0 Å². The Hall–Kier alpha value is -3.10. The van der Waals surface area contributed by atoms with Gasteiger partial charge in [0, 0.05) is 24.1 Å². The van der Waals surface area contributed by atoms with Crippen molar-refractivity contribution in [2.24, 2.45) is 16.6 Å². The molecule has 2 aromatic rings. The summed E-state index contributed by atoms with van der Waals surface area (Å²) in [5, 5.41) is 2.99. The highest BCUT2D eigenvalue weighted by atomic mass is 16.2. The largest absolute Gasteiger partial charge is 0.355 e. The molecule has 3 saturated carbocycles. The summed E-state index contributed by atoms with van der Waals surface area (Å²) in [7, 11) is 0. The Bertz CT molecular complexity index is 1080. The van der Waals surface area contributed by atoms with Crippen LogP contribution in [0.1, 0.15) is 42.4 Å². The van der Waals surface area contributed by atoms with Crippen molar-refractivity contribution in [2.45, 2.75) is 32.2 Å². The summed E-state index contributed by atoms with van der Waals surface area (Å²) < 4.78 is 0. The van der Waals surface area contributed by atoms with Crippen molar-refractivity contribution < 1.29 is 9.59 Å². The minimum Gasteiger partial charge on any atom is -0.355 e. The Morgan fingerprint density at radius 3 is 2.43 bits per heavy atom. The maximum absolute atomic E-state index is 13.2. The summed E-state index contributed by atoms with van der Waals surface area (Å²) in [5.41, 5.74) is 9.42. The summed E-state index contributed by atoms with van der Waals surface area (Å²) >= 11 is 0. The molecule has 5 nitrogen and oxygen atoms in total. The van der Waals surface area contributed by atoms with E-state index in [0.717, 1.165) is 41.6 Å². The van der Waals surface area contributed by atoms with Gasteiger partial charge in [-0.15, -0.1) is 0 Å². The third kappa shape index (κ3) is 3.00. The number of nitrogens with zero attached hydrogens (tertiary/aromatic N) is 1. The number of hydrogen-bond donors (Lipinski definition) is 2. The van der Waals surface area contributed by atoms with E-state index in [-0.39, 0.29) is 29.1 Å². The van der Waals surface area contributed by atoms with Gasteiger partial charge in [-0.3, -0.25) is 9.59 Å². The number of amides is 2.